The molecule has 0 spiro atoms. The van der Waals surface area contributed by atoms with E-state index in [4.69, 9.17) is 21.4 Å². The standard InChI is InChI=1S/C16H22ClNO3/c1-12-9-14(17)4-5-15(12)21-11-16(20)18-7-2-3-13(10-18)6-8-19/h4-5,9,13,19H,2-3,6-8,10-11H2,1H3. The molecule has 1 N–H and O–H groups in total. The van der Waals surface area contributed by atoms with Crippen molar-refractivity contribution in [2.75, 3.05) is 26.3 Å². The number of carbonyl (C=O) groups is 1. The predicted octanol–water partition coefficient (Wildman–Crippen LogP) is 2.65. The van der Waals surface area contributed by atoms with Crippen LogP contribution in [-0.4, -0.2) is 42.2 Å². The highest BCUT2D eigenvalue weighted by Gasteiger charge is 2.23. The molecule has 1 aliphatic heterocycles. The number of carbonyl (C=O) groups excluding carboxylic acids is 1. The number of rotatable bonds is 5. The van der Waals surface area contributed by atoms with Crippen LogP contribution in [0.15, 0.2) is 18.2 Å². The minimum atomic E-state index is 0.00647. The van der Waals surface area contributed by atoms with Crippen LogP contribution in [0.25, 0.3) is 0 Å². The van der Waals surface area contributed by atoms with Crippen molar-refractivity contribution in [3.05, 3.63) is 28.8 Å². The molecule has 116 valence electrons. The van der Waals surface area contributed by atoms with Crippen LogP contribution in [-0.2, 0) is 4.79 Å². The Morgan fingerprint density at radius 3 is 3.05 bits per heavy atom. The number of aliphatic hydroxyl groups is 1. The predicted molar refractivity (Wildman–Crippen MR) is 82.7 cm³/mol. The highest BCUT2D eigenvalue weighted by Crippen LogP contribution is 2.23. The van der Waals surface area contributed by atoms with Crippen molar-refractivity contribution >= 4 is 17.5 Å². The van der Waals surface area contributed by atoms with Crippen molar-refractivity contribution < 1.29 is 14.6 Å². The Labute approximate surface area is 130 Å². The summed E-state index contributed by atoms with van der Waals surface area (Å²) in [6.45, 7) is 3.65. The zero-order valence-electron chi connectivity index (χ0n) is 12.3. The second-order valence-corrected chi connectivity index (χ2v) is 6.00. The summed E-state index contributed by atoms with van der Waals surface area (Å²) in [6.07, 6.45) is 2.85. The highest BCUT2D eigenvalue weighted by atomic mass is 35.5. The molecule has 0 aromatic heterocycles. The molecule has 1 unspecified atom stereocenters. The van der Waals surface area contributed by atoms with Crippen LogP contribution in [0.4, 0.5) is 0 Å². The van der Waals surface area contributed by atoms with E-state index in [-0.39, 0.29) is 19.1 Å². The fourth-order valence-corrected chi connectivity index (χ4v) is 2.94. The molecule has 1 heterocycles. The summed E-state index contributed by atoms with van der Waals surface area (Å²) in [4.78, 5) is 14.1. The lowest BCUT2D eigenvalue weighted by atomic mass is 9.95. The number of nitrogens with zero attached hydrogens (tertiary/aromatic N) is 1. The van der Waals surface area contributed by atoms with Gasteiger partial charge < -0.3 is 14.7 Å². The van der Waals surface area contributed by atoms with Gasteiger partial charge in [0.15, 0.2) is 6.61 Å². The first-order valence-corrected chi connectivity index (χ1v) is 7.75. The van der Waals surface area contributed by atoms with Crippen LogP contribution >= 0.6 is 11.6 Å². The number of halogens is 1. The maximum absolute atomic E-state index is 12.2. The van der Waals surface area contributed by atoms with E-state index in [9.17, 15) is 4.79 Å². The van der Waals surface area contributed by atoms with Crippen molar-refractivity contribution in [2.45, 2.75) is 26.2 Å². The molecule has 4 nitrogen and oxygen atoms in total. The first-order valence-electron chi connectivity index (χ1n) is 7.37. The van der Waals surface area contributed by atoms with Crippen molar-refractivity contribution in [1.82, 2.24) is 4.90 Å². The Morgan fingerprint density at radius 1 is 1.52 bits per heavy atom. The van der Waals surface area contributed by atoms with E-state index in [1.165, 1.54) is 0 Å². The number of aliphatic hydroxyl groups excluding tert-OH is 1. The third kappa shape index (κ3) is 4.61. The van der Waals surface area contributed by atoms with Gasteiger partial charge in [0, 0.05) is 24.7 Å². The molecule has 0 bridgehead atoms. The van der Waals surface area contributed by atoms with Gasteiger partial charge in [0.1, 0.15) is 5.75 Å². The molecule has 1 aromatic carbocycles. The summed E-state index contributed by atoms with van der Waals surface area (Å²) in [7, 11) is 0. The van der Waals surface area contributed by atoms with Gasteiger partial charge in [0.2, 0.25) is 0 Å². The summed E-state index contributed by atoms with van der Waals surface area (Å²) in [5.74, 6) is 1.11. The van der Waals surface area contributed by atoms with Gasteiger partial charge in [-0.3, -0.25) is 4.79 Å². The molecule has 1 fully saturated rings. The summed E-state index contributed by atoms with van der Waals surface area (Å²) in [5, 5.41) is 9.67. The lowest BCUT2D eigenvalue weighted by Crippen LogP contribution is -2.42. The maximum atomic E-state index is 12.2. The Morgan fingerprint density at radius 2 is 2.33 bits per heavy atom. The number of ether oxygens (including phenoxy) is 1. The highest BCUT2D eigenvalue weighted by molar-refractivity contribution is 6.30. The first-order chi connectivity index (χ1) is 10.1. The lowest BCUT2D eigenvalue weighted by molar-refractivity contribution is -0.135. The smallest absolute Gasteiger partial charge is 0.260 e. The number of likely N-dealkylation sites (tertiary alicyclic amines) is 1. The van der Waals surface area contributed by atoms with Crippen LogP contribution in [0, 0.1) is 12.8 Å². The fourth-order valence-electron chi connectivity index (χ4n) is 2.72. The fraction of sp³-hybridized carbons (Fsp3) is 0.562. The SMILES string of the molecule is Cc1cc(Cl)ccc1OCC(=O)N1CCCC(CCO)C1. The monoisotopic (exact) mass is 311 g/mol. The number of benzene rings is 1. The number of hydrogen-bond acceptors (Lipinski definition) is 3. The van der Waals surface area contributed by atoms with E-state index in [1.807, 2.05) is 17.9 Å². The number of hydrogen-bond donors (Lipinski definition) is 1. The van der Waals surface area contributed by atoms with Crippen LogP contribution in [0.5, 0.6) is 5.75 Å². The topological polar surface area (TPSA) is 49.8 Å². The summed E-state index contributed by atoms with van der Waals surface area (Å²) < 4.78 is 5.60. The van der Waals surface area contributed by atoms with E-state index < -0.39 is 0 Å². The van der Waals surface area contributed by atoms with Crippen molar-refractivity contribution in [3.8, 4) is 5.75 Å². The minimum absolute atomic E-state index is 0.00647. The maximum Gasteiger partial charge on any atom is 0.260 e. The van der Waals surface area contributed by atoms with Gasteiger partial charge in [-0.25, -0.2) is 0 Å². The summed E-state index contributed by atoms with van der Waals surface area (Å²) in [5.41, 5.74) is 0.923. The first kappa shape index (κ1) is 16.1. The quantitative estimate of drug-likeness (QED) is 0.909. The largest absolute Gasteiger partial charge is 0.483 e. The summed E-state index contributed by atoms with van der Waals surface area (Å²) >= 11 is 5.90. The Bertz CT molecular complexity index is 490. The van der Waals surface area contributed by atoms with E-state index in [0.717, 1.165) is 37.9 Å². The molecular weight excluding hydrogens is 290 g/mol. The van der Waals surface area contributed by atoms with Crippen molar-refractivity contribution in [1.29, 1.82) is 0 Å². The van der Waals surface area contributed by atoms with Gasteiger partial charge >= 0.3 is 0 Å². The lowest BCUT2D eigenvalue weighted by Gasteiger charge is -2.32. The van der Waals surface area contributed by atoms with Crippen LogP contribution in [0.1, 0.15) is 24.8 Å². The van der Waals surface area contributed by atoms with Crippen LogP contribution in [0.2, 0.25) is 5.02 Å². The number of amides is 1. The molecule has 0 saturated carbocycles. The van der Waals surface area contributed by atoms with Crippen molar-refractivity contribution in [3.63, 3.8) is 0 Å². The Balaban J connectivity index is 1.86. The molecule has 1 atom stereocenters. The molecule has 0 radical (unpaired) electrons. The van der Waals surface area contributed by atoms with Gasteiger partial charge in [-0.2, -0.15) is 0 Å². The number of piperidine rings is 1. The Hall–Kier alpha value is -1.26. The number of aryl methyl sites for hydroxylation is 1. The molecule has 1 saturated heterocycles. The van der Waals surface area contributed by atoms with Gasteiger partial charge in [0.05, 0.1) is 0 Å². The molecule has 21 heavy (non-hydrogen) atoms. The van der Waals surface area contributed by atoms with E-state index >= 15 is 0 Å². The van der Waals surface area contributed by atoms with Crippen molar-refractivity contribution in [2.24, 2.45) is 5.92 Å². The molecule has 0 aliphatic carbocycles. The zero-order chi connectivity index (χ0) is 15.2. The zero-order valence-corrected chi connectivity index (χ0v) is 13.1. The molecule has 2 rings (SSSR count). The normalized spacial score (nSPS) is 18.6. The van der Waals surface area contributed by atoms with Gasteiger partial charge in [-0.15, -0.1) is 0 Å². The second kappa shape index (κ2) is 7.66. The molecule has 5 heteroatoms. The average molecular weight is 312 g/mol. The molecule has 1 amide bonds. The molecule has 1 aliphatic rings. The van der Waals surface area contributed by atoms with Crippen LogP contribution in [0.3, 0.4) is 0 Å². The Kier molecular flexibility index (Phi) is 5.88. The van der Waals surface area contributed by atoms with Gasteiger partial charge in [-0.1, -0.05) is 11.6 Å². The van der Waals surface area contributed by atoms with Gasteiger partial charge in [0.25, 0.3) is 5.91 Å². The third-order valence-corrected chi connectivity index (χ3v) is 4.13. The molecular formula is C16H22ClNO3. The second-order valence-electron chi connectivity index (χ2n) is 5.56. The minimum Gasteiger partial charge on any atom is -0.483 e. The van der Waals surface area contributed by atoms with E-state index in [1.54, 1.807) is 12.1 Å². The van der Waals surface area contributed by atoms with E-state index in [0.29, 0.717) is 16.7 Å². The molecule has 1 aromatic rings. The average Bonchev–Trinajstić information content (AvgIpc) is 2.47. The third-order valence-electron chi connectivity index (χ3n) is 3.90. The summed E-state index contributed by atoms with van der Waals surface area (Å²) in [6, 6.07) is 5.36. The van der Waals surface area contributed by atoms with Crippen LogP contribution < -0.4 is 4.74 Å². The van der Waals surface area contributed by atoms with E-state index in [2.05, 4.69) is 0 Å². The van der Waals surface area contributed by atoms with Gasteiger partial charge in [-0.05, 0) is 55.9 Å².